The lowest BCUT2D eigenvalue weighted by molar-refractivity contribution is -0.145. The second-order valence-corrected chi connectivity index (χ2v) is 13.5. The lowest BCUT2D eigenvalue weighted by atomic mass is 10.1. The Morgan fingerprint density at radius 3 is 1.48 bits per heavy atom. The van der Waals surface area contributed by atoms with Crippen LogP contribution in [0.2, 0.25) is 0 Å². The SMILES string of the molecule is C=CC(=O)OCCCCCCOc1ccc(C(=O)OC[C@H](OC(=O)C=Cc2ccc(OC(=O)c3ccc(OCCCCCCOC(=O)C=C)cc3)cc2)c2ccccc2)cc1. The maximum atomic E-state index is 12.9. The lowest BCUT2D eigenvalue weighted by Gasteiger charge is -2.17. The van der Waals surface area contributed by atoms with Gasteiger partial charge in [0.15, 0.2) is 6.10 Å². The van der Waals surface area contributed by atoms with E-state index >= 15 is 0 Å². The summed E-state index contributed by atoms with van der Waals surface area (Å²) in [6.07, 6.45) is 11.2. The maximum absolute atomic E-state index is 12.9. The van der Waals surface area contributed by atoms with Crippen molar-refractivity contribution in [1.29, 1.82) is 0 Å². The number of hydrogen-bond donors (Lipinski definition) is 0. The molecule has 1 atom stereocenters. The molecule has 0 aliphatic rings. The van der Waals surface area contributed by atoms with E-state index in [0.29, 0.717) is 65.9 Å². The third kappa shape index (κ3) is 18.2. The zero-order valence-corrected chi connectivity index (χ0v) is 34.2. The minimum atomic E-state index is -0.861. The fraction of sp³-hybridized carbons (Fsp3) is 0.286. The van der Waals surface area contributed by atoms with E-state index in [1.807, 2.05) is 6.07 Å². The number of hydrogen-bond acceptors (Lipinski definition) is 12. The molecule has 0 aliphatic carbocycles. The van der Waals surface area contributed by atoms with Crippen molar-refractivity contribution in [2.24, 2.45) is 0 Å². The van der Waals surface area contributed by atoms with Gasteiger partial charge >= 0.3 is 29.8 Å². The van der Waals surface area contributed by atoms with Crippen LogP contribution in [-0.4, -0.2) is 62.9 Å². The van der Waals surface area contributed by atoms with Crippen LogP contribution >= 0.6 is 0 Å². The molecule has 12 heteroatoms. The first-order chi connectivity index (χ1) is 29.7. The summed E-state index contributed by atoms with van der Waals surface area (Å²) in [6.45, 7) is 8.30. The number of ether oxygens (including phenoxy) is 7. The summed E-state index contributed by atoms with van der Waals surface area (Å²) in [5.74, 6) is -1.01. The number of rotatable bonds is 27. The number of carbonyl (C=O) groups excluding carboxylic acids is 5. The van der Waals surface area contributed by atoms with Crippen molar-refractivity contribution in [2.45, 2.75) is 57.5 Å². The highest BCUT2D eigenvalue weighted by atomic mass is 16.6. The molecular weight excluding hydrogens is 781 g/mol. The van der Waals surface area contributed by atoms with E-state index < -0.39 is 36.0 Å². The molecule has 0 aliphatic heterocycles. The summed E-state index contributed by atoms with van der Waals surface area (Å²) < 4.78 is 38.3. The van der Waals surface area contributed by atoms with Gasteiger partial charge in [-0.15, -0.1) is 0 Å². The van der Waals surface area contributed by atoms with Gasteiger partial charge in [-0.1, -0.05) is 55.6 Å². The largest absolute Gasteiger partial charge is 0.494 e. The van der Waals surface area contributed by atoms with Crippen LogP contribution < -0.4 is 14.2 Å². The van der Waals surface area contributed by atoms with Crippen molar-refractivity contribution in [1.82, 2.24) is 0 Å². The molecule has 0 unspecified atom stereocenters. The molecule has 12 nitrogen and oxygen atoms in total. The van der Waals surface area contributed by atoms with Crippen LogP contribution in [0.1, 0.15) is 89.3 Å². The molecule has 61 heavy (non-hydrogen) atoms. The van der Waals surface area contributed by atoms with E-state index in [4.69, 9.17) is 33.2 Å². The van der Waals surface area contributed by atoms with Gasteiger partial charge in [-0.25, -0.2) is 24.0 Å². The summed E-state index contributed by atoms with van der Waals surface area (Å²) >= 11 is 0. The van der Waals surface area contributed by atoms with Crippen molar-refractivity contribution >= 4 is 35.9 Å². The van der Waals surface area contributed by atoms with Crippen molar-refractivity contribution < 1.29 is 57.1 Å². The van der Waals surface area contributed by atoms with Gasteiger partial charge in [-0.2, -0.15) is 0 Å². The first-order valence-corrected chi connectivity index (χ1v) is 20.2. The van der Waals surface area contributed by atoms with Gasteiger partial charge in [0.05, 0.1) is 37.6 Å². The molecule has 0 saturated heterocycles. The molecular formula is C49H52O12. The number of carbonyl (C=O) groups is 5. The highest BCUT2D eigenvalue weighted by molar-refractivity contribution is 5.91. The molecule has 0 bridgehead atoms. The van der Waals surface area contributed by atoms with Crippen LogP contribution in [0.25, 0.3) is 6.08 Å². The van der Waals surface area contributed by atoms with Crippen LogP contribution in [0.5, 0.6) is 17.2 Å². The molecule has 4 rings (SSSR count). The highest BCUT2D eigenvalue weighted by Crippen LogP contribution is 2.22. The number of esters is 5. The lowest BCUT2D eigenvalue weighted by Crippen LogP contribution is -2.18. The predicted molar refractivity (Wildman–Crippen MR) is 229 cm³/mol. The monoisotopic (exact) mass is 832 g/mol. The average Bonchev–Trinajstić information content (AvgIpc) is 3.29. The molecule has 4 aromatic carbocycles. The van der Waals surface area contributed by atoms with E-state index in [-0.39, 0.29) is 6.61 Å². The van der Waals surface area contributed by atoms with Crippen molar-refractivity contribution in [3.8, 4) is 17.2 Å². The van der Waals surface area contributed by atoms with Crippen LogP contribution in [-0.2, 0) is 33.3 Å². The fourth-order valence-electron chi connectivity index (χ4n) is 5.59. The minimum Gasteiger partial charge on any atom is -0.494 e. The second-order valence-electron chi connectivity index (χ2n) is 13.5. The van der Waals surface area contributed by atoms with Gasteiger partial charge in [-0.3, -0.25) is 0 Å². The molecule has 0 spiro atoms. The molecule has 0 heterocycles. The van der Waals surface area contributed by atoms with Gasteiger partial charge in [0.2, 0.25) is 0 Å². The van der Waals surface area contributed by atoms with Gasteiger partial charge < -0.3 is 33.2 Å². The van der Waals surface area contributed by atoms with E-state index in [1.54, 1.807) is 103 Å². The first-order valence-electron chi connectivity index (χ1n) is 20.2. The van der Waals surface area contributed by atoms with Gasteiger partial charge in [-0.05, 0) is 129 Å². The molecule has 320 valence electrons. The van der Waals surface area contributed by atoms with Crippen LogP contribution in [0.3, 0.4) is 0 Å². The van der Waals surface area contributed by atoms with Crippen molar-refractivity contribution in [2.75, 3.05) is 33.0 Å². The first kappa shape index (κ1) is 46.7. The quantitative estimate of drug-likeness (QED) is 0.0185. The Morgan fingerprint density at radius 2 is 0.967 bits per heavy atom. The molecule has 0 radical (unpaired) electrons. The Labute approximate surface area is 356 Å². The van der Waals surface area contributed by atoms with Crippen molar-refractivity contribution in [3.63, 3.8) is 0 Å². The Morgan fingerprint density at radius 1 is 0.492 bits per heavy atom. The number of benzene rings is 4. The average molecular weight is 833 g/mol. The third-order valence-electron chi connectivity index (χ3n) is 8.91. The summed E-state index contributed by atoms with van der Waals surface area (Å²) in [4.78, 5) is 60.7. The maximum Gasteiger partial charge on any atom is 0.343 e. The van der Waals surface area contributed by atoms with E-state index in [1.165, 1.54) is 6.08 Å². The van der Waals surface area contributed by atoms with E-state index in [2.05, 4.69) is 13.2 Å². The Kier molecular flexibility index (Phi) is 20.6. The molecule has 0 amide bonds. The fourth-order valence-corrected chi connectivity index (χ4v) is 5.59. The summed E-state index contributed by atoms with van der Waals surface area (Å²) in [5, 5.41) is 0. The second kappa shape index (κ2) is 26.9. The van der Waals surface area contributed by atoms with Crippen LogP contribution in [0, 0.1) is 0 Å². The topological polar surface area (TPSA) is 150 Å². The van der Waals surface area contributed by atoms with Gasteiger partial charge in [0.25, 0.3) is 0 Å². The Bertz CT molecular complexity index is 2020. The molecule has 4 aromatic rings. The Balaban J connectivity index is 1.17. The highest BCUT2D eigenvalue weighted by Gasteiger charge is 2.19. The predicted octanol–water partition coefficient (Wildman–Crippen LogP) is 9.40. The standard InChI is InChI=1S/C49H52O12/c1-3-45(50)57-34-14-7-5-12-32-55-41-27-21-39(22-28-41)48(53)59-36-44(38-16-10-9-11-17-38)61-47(52)31-20-37-18-25-43(26-19-37)60-49(54)40-23-29-42(30-24-40)56-33-13-6-8-15-35-58-46(51)4-2/h3-4,9-11,16-31,44H,1-2,5-8,12-15,32-36H2/t44-/m0/s1. The molecule has 0 aromatic heterocycles. The minimum absolute atomic E-state index is 0.206. The van der Waals surface area contributed by atoms with Gasteiger partial charge in [0, 0.05) is 18.2 Å². The zero-order chi connectivity index (χ0) is 43.5. The number of unbranched alkanes of at least 4 members (excludes halogenated alkanes) is 6. The molecule has 0 saturated carbocycles. The van der Waals surface area contributed by atoms with Gasteiger partial charge in [0.1, 0.15) is 23.9 Å². The molecule has 0 fully saturated rings. The summed E-state index contributed by atoms with van der Waals surface area (Å²) in [7, 11) is 0. The van der Waals surface area contributed by atoms with Crippen molar-refractivity contribution in [3.05, 3.63) is 157 Å². The zero-order valence-electron chi connectivity index (χ0n) is 34.2. The smallest absolute Gasteiger partial charge is 0.343 e. The normalized spacial score (nSPS) is 11.1. The van der Waals surface area contributed by atoms with E-state index in [0.717, 1.165) is 63.5 Å². The Hall–Kier alpha value is -6.95. The summed E-state index contributed by atoms with van der Waals surface area (Å²) in [6, 6.07) is 28.9. The van der Waals surface area contributed by atoms with E-state index in [9.17, 15) is 24.0 Å². The van der Waals surface area contributed by atoms with Crippen LogP contribution in [0.4, 0.5) is 0 Å². The summed E-state index contributed by atoms with van der Waals surface area (Å²) in [5.41, 5.74) is 1.99. The molecule has 0 N–H and O–H groups in total. The van der Waals surface area contributed by atoms with Crippen LogP contribution in [0.15, 0.2) is 135 Å². The third-order valence-corrected chi connectivity index (χ3v) is 8.91.